The van der Waals surface area contributed by atoms with Gasteiger partial charge in [-0.05, 0) is 13.8 Å². The largest absolute Gasteiger partial charge is 0.377 e. The highest BCUT2D eigenvalue weighted by Crippen LogP contribution is 2.27. The first kappa shape index (κ1) is 15.9. The van der Waals surface area contributed by atoms with Gasteiger partial charge >= 0.3 is 0 Å². The predicted molar refractivity (Wildman–Crippen MR) is 79.2 cm³/mol. The fourth-order valence-electron chi connectivity index (χ4n) is 3.03. The second kappa shape index (κ2) is 5.89. The molecule has 1 aromatic heterocycles. The molecule has 0 radical (unpaired) electrons. The summed E-state index contributed by atoms with van der Waals surface area (Å²) in [6.07, 6.45) is 0. The van der Waals surface area contributed by atoms with Gasteiger partial charge in [0.15, 0.2) is 0 Å². The third-order valence-electron chi connectivity index (χ3n) is 4.11. The summed E-state index contributed by atoms with van der Waals surface area (Å²) < 4.78 is 38.8. The summed E-state index contributed by atoms with van der Waals surface area (Å²) in [6.45, 7) is 6.75. The number of hydrogen-bond donors (Lipinski definition) is 2. The van der Waals surface area contributed by atoms with Gasteiger partial charge < -0.3 is 14.8 Å². The number of H-pyrrole nitrogens is 1. The van der Waals surface area contributed by atoms with E-state index >= 15 is 0 Å². The molecule has 124 valence electrons. The fourth-order valence-corrected chi connectivity index (χ4v) is 4.86. The Bertz CT molecular complexity index is 615. The van der Waals surface area contributed by atoms with Crippen molar-refractivity contribution in [1.82, 2.24) is 19.8 Å². The normalized spacial score (nSPS) is 27.9. The molecule has 22 heavy (non-hydrogen) atoms. The number of morpholine rings is 1. The van der Waals surface area contributed by atoms with Gasteiger partial charge in [0.2, 0.25) is 10.0 Å². The SMILES string of the molecule is Cc1n[nH]c(C)c1S(=O)(=O)N1CCO[C@]2(CNCCOC2)C1. The lowest BCUT2D eigenvalue weighted by molar-refractivity contribution is -0.118. The topological polar surface area (TPSA) is 96.6 Å². The van der Waals surface area contributed by atoms with Crippen LogP contribution in [0.15, 0.2) is 4.90 Å². The summed E-state index contributed by atoms with van der Waals surface area (Å²) in [5.41, 5.74) is 0.439. The molecule has 1 aromatic rings. The Hall–Kier alpha value is -1.00. The molecular weight excluding hydrogens is 308 g/mol. The molecular formula is C13H22N4O4S. The monoisotopic (exact) mass is 330 g/mol. The van der Waals surface area contributed by atoms with E-state index in [1.807, 2.05) is 0 Å². The molecule has 0 aromatic carbocycles. The fraction of sp³-hybridized carbons (Fsp3) is 0.769. The van der Waals surface area contributed by atoms with Gasteiger partial charge in [0.05, 0.1) is 31.2 Å². The lowest BCUT2D eigenvalue weighted by atomic mass is 10.0. The minimum absolute atomic E-state index is 0.270. The van der Waals surface area contributed by atoms with Crippen LogP contribution in [0.5, 0.6) is 0 Å². The molecule has 0 unspecified atom stereocenters. The Morgan fingerprint density at radius 2 is 2.14 bits per heavy atom. The first-order chi connectivity index (χ1) is 10.4. The minimum Gasteiger partial charge on any atom is -0.377 e. The smallest absolute Gasteiger partial charge is 0.246 e. The van der Waals surface area contributed by atoms with E-state index in [4.69, 9.17) is 9.47 Å². The third kappa shape index (κ3) is 2.79. The van der Waals surface area contributed by atoms with Crippen LogP contribution in [-0.2, 0) is 19.5 Å². The van der Waals surface area contributed by atoms with Crippen LogP contribution in [0.1, 0.15) is 11.4 Å². The van der Waals surface area contributed by atoms with Crippen molar-refractivity contribution >= 4 is 10.0 Å². The van der Waals surface area contributed by atoms with Crippen molar-refractivity contribution in [2.45, 2.75) is 24.3 Å². The van der Waals surface area contributed by atoms with Crippen molar-refractivity contribution in [3.05, 3.63) is 11.4 Å². The zero-order valence-corrected chi connectivity index (χ0v) is 13.7. The van der Waals surface area contributed by atoms with E-state index in [0.717, 1.165) is 6.54 Å². The molecule has 0 saturated carbocycles. The lowest BCUT2D eigenvalue weighted by Crippen LogP contribution is -2.59. The van der Waals surface area contributed by atoms with Gasteiger partial charge in [0.1, 0.15) is 10.5 Å². The maximum atomic E-state index is 13.0. The van der Waals surface area contributed by atoms with Gasteiger partial charge in [-0.25, -0.2) is 8.42 Å². The van der Waals surface area contributed by atoms with E-state index < -0.39 is 15.6 Å². The number of aryl methyl sites for hydroxylation is 2. The number of nitrogens with one attached hydrogen (secondary N) is 2. The molecule has 2 fully saturated rings. The summed E-state index contributed by atoms with van der Waals surface area (Å²) in [6, 6.07) is 0. The molecule has 2 N–H and O–H groups in total. The van der Waals surface area contributed by atoms with E-state index in [0.29, 0.717) is 44.3 Å². The number of aromatic nitrogens is 2. The molecule has 8 nitrogen and oxygen atoms in total. The van der Waals surface area contributed by atoms with Gasteiger partial charge in [0, 0.05) is 26.2 Å². The minimum atomic E-state index is -3.59. The predicted octanol–water partition coefficient (Wildman–Crippen LogP) is -0.594. The Balaban J connectivity index is 1.88. The van der Waals surface area contributed by atoms with Crippen LogP contribution in [0.25, 0.3) is 0 Å². The van der Waals surface area contributed by atoms with Crippen molar-refractivity contribution in [3.8, 4) is 0 Å². The standard InChI is InChI=1S/C13H22N4O4S/c1-10-12(11(2)16-15-10)22(18,19)17-4-6-21-13(8-17)7-14-3-5-20-9-13/h14H,3-9H2,1-2H3,(H,15,16)/t13-/m1/s1. The number of ether oxygens (including phenoxy) is 2. The quantitative estimate of drug-likeness (QED) is 0.752. The van der Waals surface area contributed by atoms with Gasteiger partial charge in [0.25, 0.3) is 0 Å². The first-order valence-corrected chi connectivity index (χ1v) is 8.83. The Morgan fingerprint density at radius 3 is 2.86 bits per heavy atom. The average molecular weight is 330 g/mol. The molecule has 0 bridgehead atoms. The number of hydrogen-bond acceptors (Lipinski definition) is 6. The molecule has 0 amide bonds. The van der Waals surface area contributed by atoms with Crippen LogP contribution in [0.2, 0.25) is 0 Å². The van der Waals surface area contributed by atoms with Crippen LogP contribution < -0.4 is 5.32 Å². The second-order valence-electron chi connectivity index (χ2n) is 5.86. The van der Waals surface area contributed by atoms with E-state index in [2.05, 4.69) is 15.5 Å². The molecule has 0 aliphatic carbocycles. The number of aromatic amines is 1. The van der Waals surface area contributed by atoms with Gasteiger partial charge in [-0.1, -0.05) is 0 Å². The highest BCUT2D eigenvalue weighted by Gasteiger charge is 2.43. The summed E-state index contributed by atoms with van der Waals surface area (Å²) >= 11 is 0. The molecule has 2 aliphatic rings. The number of nitrogens with zero attached hydrogens (tertiary/aromatic N) is 2. The Kier molecular flexibility index (Phi) is 4.25. The number of sulfonamides is 1. The summed E-state index contributed by atoms with van der Waals surface area (Å²) in [5, 5.41) is 9.98. The second-order valence-corrected chi connectivity index (χ2v) is 7.74. The van der Waals surface area contributed by atoms with Gasteiger partial charge in [-0.2, -0.15) is 9.40 Å². The highest BCUT2D eigenvalue weighted by molar-refractivity contribution is 7.89. The third-order valence-corrected chi connectivity index (χ3v) is 6.22. The van der Waals surface area contributed by atoms with Crippen LogP contribution in [0.3, 0.4) is 0 Å². The van der Waals surface area contributed by atoms with Gasteiger partial charge in [-0.3, -0.25) is 5.10 Å². The van der Waals surface area contributed by atoms with E-state index in [1.165, 1.54) is 4.31 Å². The zero-order chi connectivity index (χ0) is 15.8. The average Bonchev–Trinajstić information content (AvgIpc) is 2.69. The molecule has 1 atom stereocenters. The Labute approximate surface area is 130 Å². The van der Waals surface area contributed by atoms with Crippen molar-refractivity contribution in [1.29, 1.82) is 0 Å². The van der Waals surface area contributed by atoms with E-state index in [9.17, 15) is 8.42 Å². The molecule has 9 heteroatoms. The van der Waals surface area contributed by atoms with Crippen LogP contribution in [-0.4, -0.2) is 74.5 Å². The lowest BCUT2D eigenvalue weighted by Gasteiger charge is -2.41. The molecule has 2 saturated heterocycles. The maximum Gasteiger partial charge on any atom is 0.246 e. The molecule has 3 rings (SSSR count). The van der Waals surface area contributed by atoms with Crippen molar-refractivity contribution in [2.24, 2.45) is 0 Å². The van der Waals surface area contributed by atoms with Crippen LogP contribution >= 0.6 is 0 Å². The summed E-state index contributed by atoms with van der Waals surface area (Å²) in [5.74, 6) is 0. The van der Waals surface area contributed by atoms with Crippen molar-refractivity contribution in [2.75, 3.05) is 46.0 Å². The summed E-state index contributed by atoms with van der Waals surface area (Å²) in [4.78, 5) is 0.270. The van der Waals surface area contributed by atoms with E-state index in [-0.39, 0.29) is 11.4 Å². The molecule has 2 aliphatic heterocycles. The van der Waals surface area contributed by atoms with Crippen molar-refractivity contribution in [3.63, 3.8) is 0 Å². The number of rotatable bonds is 2. The van der Waals surface area contributed by atoms with Crippen molar-refractivity contribution < 1.29 is 17.9 Å². The molecule has 3 heterocycles. The van der Waals surface area contributed by atoms with Crippen LogP contribution in [0, 0.1) is 13.8 Å². The zero-order valence-electron chi connectivity index (χ0n) is 12.9. The van der Waals surface area contributed by atoms with Crippen LogP contribution in [0.4, 0.5) is 0 Å². The highest BCUT2D eigenvalue weighted by atomic mass is 32.2. The van der Waals surface area contributed by atoms with Gasteiger partial charge in [-0.15, -0.1) is 0 Å². The Morgan fingerprint density at radius 1 is 1.32 bits per heavy atom. The molecule has 1 spiro atoms. The summed E-state index contributed by atoms with van der Waals surface area (Å²) in [7, 11) is -3.59. The first-order valence-electron chi connectivity index (χ1n) is 7.39. The van der Waals surface area contributed by atoms with E-state index in [1.54, 1.807) is 13.8 Å². The maximum absolute atomic E-state index is 13.0.